The van der Waals surface area contributed by atoms with E-state index in [0.29, 0.717) is 29.2 Å². The highest BCUT2D eigenvalue weighted by atomic mass is 79.9. The van der Waals surface area contributed by atoms with Gasteiger partial charge in [-0.25, -0.2) is 0 Å². The standard InChI is InChI=1S/C15H17Br2NO/c16-11-3-1-2-10(6-11)7-15(19)18-13-4-5-14(18)9-12(17)8-13/h1-3,6,12-14H,4-5,7-9H2. The number of carbonyl (C=O) groups excluding carboxylic acids is 1. The van der Waals surface area contributed by atoms with Gasteiger partial charge in [0.1, 0.15) is 0 Å². The van der Waals surface area contributed by atoms with Gasteiger partial charge in [-0.1, -0.05) is 44.0 Å². The van der Waals surface area contributed by atoms with E-state index in [1.165, 1.54) is 12.8 Å². The van der Waals surface area contributed by atoms with Gasteiger partial charge in [0.05, 0.1) is 6.42 Å². The highest BCUT2D eigenvalue weighted by Crippen LogP contribution is 2.38. The molecular formula is C15H17Br2NO. The third kappa shape index (κ3) is 2.89. The van der Waals surface area contributed by atoms with Crippen LogP contribution in [0.3, 0.4) is 0 Å². The predicted octanol–water partition coefficient (Wildman–Crippen LogP) is 3.91. The van der Waals surface area contributed by atoms with Gasteiger partial charge in [0, 0.05) is 21.4 Å². The zero-order chi connectivity index (χ0) is 13.4. The largest absolute Gasteiger partial charge is 0.336 e. The van der Waals surface area contributed by atoms with E-state index in [1.54, 1.807) is 0 Å². The molecule has 1 aromatic carbocycles. The van der Waals surface area contributed by atoms with Gasteiger partial charge < -0.3 is 4.90 Å². The Labute approximate surface area is 130 Å². The first kappa shape index (κ1) is 13.6. The molecule has 0 aliphatic carbocycles. The van der Waals surface area contributed by atoms with E-state index in [1.807, 2.05) is 24.3 Å². The number of piperidine rings is 1. The Balaban J connectivity index is 1.71. The zero-order valence-corrected chi connectivity index (χ0v) is 13.9. The molecule has 2 aliphatic heterocycles. The van der Waals surface area contributed by atoms with Crippen LogP contribution in [0, 0.1) is 0 Å². The summed E-state index contributed by atoms with van der Waals surface area (Å²) in [4.78, 5) is 15.3. The number of alkyl halides is 1. The van der Waals surface area contributed by atoms with Gasteiger partial charge in [-0.15, -0.1) is 0 Å². The van der Waals surface area contributed by atoms with Crippen molar-refractivity contribution in [1.29, 1.82) is 0 Å². The third-order valence-corrected chi connectivity index (χ3v) is 5.45. The molecule has 2 atom stereocenters. The van der Waals surface area contributed by atoms with Crippen molar-refractivity contribution in [2.75, 3.05) is 0 Å². The SMILES string of the molecule is O=C(Cc1cccc(Br)c1)N1C2CCC1CC(Br)C2. The van der Waals surface area contributed by atoms with Crippen LogP contribution in [-0.2, 0) is 11.2 Å². The molecule has 2 saturated heterocycles. The van der Waals surface area contributed by atoms with Crippen molar-refractivity contribution in [3.05, 3.63) is 34.3 Å². The van der Waals surface area contributed by atoms with E-state index >= 15 is 0 Å². The summed E-state index contributed by atoms with van der Waals surface area (Å²) in [6.45, 7) is 0. The van der Waals surface area contributed by atoms with Crippen LogP contribution in [0.2, 0.25) is 0 Å². The van der Waals surface area contributed by atoms with E-state index in [-0.39, 0.29) is 0 Å². The predicted molar refractivity (Wildman–Crippen MR) is 83.5 cm³/mol. The van der Waals surface area contributed by atoms with Crippen LogP contribution in [0.1, 0.15) is 31.2 Å². The molecule has 0 N–H and O–H groups in total. The smallest absolute Gasteiger partial charge is 0.227 e. The van der Waals surface area contributed by atoms with Crippen LogP contribution < -0.4 is 0 Å². The minimum atomic E-state index is 0.296. The van der Waals surface area contributed by atoms with Crippen molar-refractivity contribution >= 4 is 37.8 Å². The van der Waals surface area contributed by atoms with Crippen LogP contribution in [0.4, 0.5) is 0 Å². The van der Waals surface area contributed by atoms with Gasteiger partial charge in [0.25, 0.3) is 0 Å². The number of nitrogens with zero attached hydrogens (tertiary/aromatic N) is 1. The van der Waals surface area contributed by atoms with Crippen molar-refractivity contribution in [1.82, 2.24) is 4.90 Å². The van der Waals surface area contributed by atoms with E-state index < -0.39 is 0 Å². The van der Waals surface area contributed by atoms with Crippen molar-refractivity contribution in [2.45, 2.75) is 49.0 Å². The quantitative estimate of drug-likeness (QED) is 0.705. The molecule has 4 heteroatoms. The molecule has 19 heavy (non-hydrogen) atoms. The molecule has 2 heterocycles. The average molecular weight is 387 g/mol. The average Bonchev–Trinajstić information content (AvgIpc) is 2.62. The van der Waals surface area contributed by atoms with E-state index in [4.69, 9.17) is 0 Å². The molecule has 2 unspecified atom stereocenters. The number of halogens is 2. The Morgan fingerprint density at radius 3 is 2.58 bits per heavy atom. The van der Waals surface area contributed by atoms with Crippen molar-refractivity contribution < 1.29 is 4.79 Å². The molecule has 102 valence electrons. The maximum atomic E-state index is 12.5. The Kier molecular flexibility index (Phi) is 3.99. The lowest BCUT2D eigenvalue weighted by molar-refractivity contribution is -0.134. The number of hydrogen-bond donors (Lipinski definition) is 0. The molecule has 2 bridgehead atoms. The molecule has 2 fully saturated rings. The highest BCUT2D eigenvalue weighted by molar-refractivity contribution is 9.10. The van der Waals surface area contributed by atoms with Gasteiger partial charge in [-0.2, -0.15) is 0 Å². The van der Waals surface area contributed by atoms with Crippen LogP contribution in [0.25, 0.3) is 0 Å². The summed E-state index contributed by atoms with van der Waals surface area (Å²) in [5, 5.41) is 0. The summed E-state index contributed by atoms with van der Waals surface area (Å²) < 4.78 is 1.04. The lowest BCUT2D eigenvalue weighted by Gasteiger charge is -2.37. The van der Waals surface area contributed by atoms with E-state index in [0.717, 1.165) is 22.9 Å². The van der Waals surface area contributed by atoms with Crippen molar-refractivity contribution in [3.8, 4) is 0 Å². The second-order valence-corrected chi connectivity index (χ2v) is 7.77. The monoisotopic (exact) mass is 385 g/mol. The molecule has 0 saturated carbocycles. The maximum absolute atomic E-state index is 12.5. The molecule has 1 aromatic rings. The minimum Gasteiger partial charge on any atom is -0.336 e. The molecule has 0 aromatic heterocycles. The number of rotatable bonds is 2. The van der Waals surface area contributed by atoms with Crippen molar-refractivity contribution in [3.63, 3.8) is 0 Å². The summed E-state index contributed by atoms with van der Waals surface area (Å²) in [7, 11) is 0. The molecule has 0 spiro atoms. The summed E-state index contributed by atoms with van der Waals surface area (Å²) >= 11 is 7.18. The van der Waals surface area contributed by atoms with Gasteiger partial charge >= 0.3 is 0 Å². The second-order valence-electron chi connectivity index (χ2n) is 5.56. The molecule has 2 nitrogen and oxygen atoms in total. The van der Waals surface area contributed by atoms with Crippen LogP contribution in [0.15, 0.2) is 28.7 Å². The Morgan fingerprint density at radius 1 is 1.26 bits per heavy atom. The fourth-order valence-electron chi connectivity index (χ4n) is 3.43. The fraction of sp³-hybridized carbons (Fsp3) is 0.533. The first-order valence-electron chi connectivity index (χ1n) is 6.83. The molecule has 0 radical (unpaired) electrons. The van der Waals surface area contributed by atoms with Crippen LogP contribution >= 0.6 is 31.9 Å². The number of fused-ring (bicyclic) bond motifs is 2. The highest BCUT2D eigenvalue weighted by Gasteiger charge is 2.42. The zero-order valence-electron chi connectivity index (χ0n) is 10.7. The molecular weight excluding hydrogens is 370 g/mol. The molecule has 2 aliphatic rings. The Morgan fingerprint density at radius 2 is 1.95 bits per heavy atom. The summed E-state index contributed by atoms with van der Waals surface area (Å²) in [5.74, 6) is 0.296. The Hall–Kier alpha value is -0.350. The van der Waals surface area contributed by atoms with E-state index in [9.17, 15) is 4.79 Å². The number of amides is 1. The van der Waals surface area contributed by atoms with Gasteiger partial charge in [-0.05, 0) is 43.4 Å². The normalized spacial score (nSPS) is 29.6. The molecule has 1 amide bonds. The van der Waals surface area contributed by atoms with Gasteiger partial charge in [0.15, 0.2) is 0 Å². The van der Waals surface area contributed by atoms with E-state index in [2.05, 4.69) is 36.8 Å². The number of hydrogen-bond acceptors (Lipinski definition) is 1. The number of carbonyl (C=O) groups is 1. The van der Waals surface area contributed by atoms with Crippen LogP contribution in [0.5, 0.6) is 0 Å². The van der Waals surface area contributed by atoms with Gasteiger partial charge in [-0.3, -0.25) is 4.79 Å². The maximum Gasteiger partial charge on any atom is 0.227 e. The topological polar surface area (TPSA) is 20.3 Å². The lowest BCUT2D eigenvalue weighted by Crippen LogP contribution is -2.47. The first-order chi connectivity index (χ1) is 9.13. The Bertz CT molecular complexity index is 477. The lowest BCUT2D eigenvalue weighted by atomic mass is 10.0. The van der Waals surface area contributed by atoms with Gasteiger partial charge in [0.2, 0.25) is 5.91 Å². The minimum absolute atomic E-state index is 0.296. The second kappa shape index (κ2) is 5.57. The summed E-state index contributed by atoms with van der Waals surface area (Å²) in [6.07, 6.45) is 5.11. The molecule has 3 rings (SSSR count). The fourth-order valence-corrected chi connectivity index (χ4v) is 4.74. The summed E-state index contributed by atoms with van der Waals surface area (Å²) in [6, 6.07) is 8.98. The van der Waals surface area contributed by atoms with Crippen molar-refractivity contribution in [2.24, 2.45) is 0 Å². The summed E-state index contributed by atoms with van der Waals surface area (Å²) in [5.41, 5.74) is 1.10. The third-order valence-electron chi connectivity index (χ3n) is 4.21. The first-order valence-corrected chi connectivity index (χ1v) is 8.54. The number of benzene rings is 1. The van der Waals surface area contributed by atoms with Crippen LogP contribution in [-0.4, -0.2) is 27.7 Å².